The molecule has 0 aromatic heterocycles. The monoisotopic (exact) mass is 265 g/mol. The number of hydrogen-bond donors (Lipinski definition) is 0. The largest absolute Gasteiger partial charge is 0.337 e. The molecule has 0 saturated heterocycles. The van der Waals surface area contributed by atoms with E-state index in [1.165, 1.54) is 11.1 Å². The third-order valence-electron chi connectivity index (χ3n) is 3.99. The highest BCUT2D eigenvalue weighted by atomic mass is 16.2. The van der Waals surface area contributed by atoms with Crippen molar-refractivity contribution in [3.05, 3.63) is 71.3 Å². The minimum Gasteiger partial charge on any atom is -0.337 e. The zero-order chi connectivity index (χ0) is 13.9. The minimum atomic E-state index is 0.220. The van der Waals surface area contributed by atoms with Crippen LogP contribution < -0.4 is 0 Å². The normalized spacial score (nSPS) is 17.6. The third kappa shape index (κ3) is 2.60. The summed E-state index contributed by atoms with van der Waals surface area (Å²) in [7, 11) is 0. The number of rotatable bonds is 2. The Morgan fingerprint density at radius 1 is 1.10 bits per heavy atom. The molecule has 20 heavy (non-hydrogen) atoms. The van der Waals surface area contributed by atoms with Crippen molar-refractivity contribution in [3.63, 3.8) is 0 Å². The lowest BCUT2D eigenvalue weighted by Crippen LogP contribution is -2.38. The Labute approximate surface area is 120 Å². The summed E-state index contributed by atoms with van der Waals surface area (Å²) >= 11 is 0. The maximum atomic E-state index is 12.4. The predicted molar refractivity (Wildman–Crippen MR) is 80.4 cm³/mol. The second-order valence-corrected chi connectivity index (χ2v) is 5.54. The van der Waals surface area contributed by atoms with Crippen LogP contribution >= 0.6 is 0 Å². The Kier molecular flexibility index (Phi) is 3.55. The van der Waals surface area contributed by atoms with E-state index in [0.29, 0.717) is 12.3 Å². The predicted octanol–water partition coefficient (Wildman–Crippen LogP) is 3.38. The zero-order valence-corrected chi connectivity index (χ0v) is 11.8. The van der Waals surface area contributed by atoms with Crippen LogP contribution in [0.4, 0.5) is 0 Å². The SMILES string of the molecule is CC1CN(C(=O)Cc2ccccc2)Cc2ccccc21. The molecule has 3 rings (SSSR count). The first kappa shape index (κ1) is 12.9. The number of carbonyl (C=O) groups is 1. The maximum absolute atomic E-state index is 12.4. The van der Waals surface area contributed by atoms with Gasteiger partial charge in [-0.05, 0) is 22.6 Å². The van der Waals surface area contributed by atoms with Gasteiger partial charge in [-0.25, -0.2) is 0 Å². The molecule has 0 fully saturated rings. The van der Waals surface area contributed by atoms with Crippen molar-refractivity contribution in [3.8, 4) is 0 Å². The lowest BCUT2D eigenvalue weighted by atomic mass is 9.91. The molecule has 1 unspecified atom stereocenters. The summed E-state index contributed by atoms with van der Waals surface area (Å²) in [4.78, 5) is 14.4. The highest BCUT2D eigenvalue weighted by Crippen LogP contribution is 2.27. The summed E-state index contributed by atoms with van der Waals surface area (Å²) in [6.07, 6.45) is 0.496. The maximum Gasteiger partial charge on any atom is 0.227 e. The Bertz CT molecular complexity index is 606. The average Bonchev–Trinajstić information content (AvgIpc) is 2.48. The van der Waals surface area contributed by atoms with E-state index in [1.54, 1.807) is 0 Å². The Morgan fingerprint density at radius 2 is 1.80 bits per heavy atom. The third-order valence-corrected chi connectivity index (χ3v) is 3.99. The first-order valence-electron chi connectivity index (χ1n) is 7.13. The number of benzene rings is 2. The summed E-state index contributed by atoms with van der Waals surface area (Å²) in [6.45, 7) is 3.76. The molecule has 0 bridgehead atoms. The highest BCUT2D eigenvalue weighted by Gasteiger charge is 2.24. The van der Waals surface area contributed by atoms with Gasteiger partial charge in [-0.2, -0.15) is 0 Å². The number of nitrogens with zero attached hydrogens (tertiary/aromatic N) is 1. The number of hydrogen-bond acceptors (Lipinski definition) is 1. The van der Waals surface area contributed by atoms with E-state index in [9.17, 15) is 4.79 Å². The molecule has 0 saturated carbocycles. The standard InChI is InChI=1S/C18H19NO/c1-14-12-19(13-16-9-5-6-10-17(14)16)18(20)11-15-7-3-2-4-8-15/h2-10,14H,11-13H2,1H3. The second kappa shape index (κ2) is 5.49. The van der Waals surface area contributed by atoms with Crippen LogP contribution in [0, 0.1) is 0 Å². The van der Waals surface area contributed by atoms with Crippen LogP contribution in [0.25, 0.3) is 0 Å². The van der Waals surface area contributed by atoms with Crippen molar-refractivity contribution in [2.75, 3.05) is 6.54 Å². The van der Waals surface area contributed by atoms with Crippen LogP contribution in [0.1, 0.15) is 29.5 Å². The van der Waals surface area contributed by atoms with Gasteiger partial charge in [0.2, 0.25) is 5.91 Å². The quantitative estimate of drug-likeness (QED) is 0.815. The number of fused-ring (bicyclic) bond motifs is 1. The molecular formula is C18H19NO. The van der Waals surface area contributed by atoms with Crippen LogP contribution in [0.5, 0.6) is 0 Å². The van der Waals surface area contributed by atoms with Crippen molar-refractivity contribution >= 4 is 5.91 Å². The van der Waals surface area contributed by atoms with Crippen molar-refractivity contribution in [2.45, 2.75) is 25.8 Å². The van der Waals surface area contributed by atoms with Gasteiger partial charge in [-0.3, -0.25) is 4.79 Å². The summed E-state index contributed by atoms with van der Waals surface area (Å²) in [5.41, 5.74) is 3.76. The summed E-state index contributed by atoms with van der Waals surface area (Å²) in [5, 5.41) is 0. The lowest BCUT2D eigenvalue weighted by Gasteiger charge is -2.33. The van der Waals surface area contributed by atoms with Gasteiger partial charge in [0.05, 0.1) is 6.42 Å². The van der Waals surface area contributed by atoms with Gasteiger partial charge in [0.1, 0.15) is 0 Å². The van der Waals surface area contributed by atoms with Crippen LogP contribution in [-0.2, 0) is 17.8 Å². The fraction of sp³-hybridized carbons (Fsp3) is 0.278. The molecular weight excluding hydrogens is 246 g/mol. The molecule has 0 N–H and O–H groups in total. The van der Waals surface area contributed by atoms with Gasteiger partial charge in [-0.1, -0.05) is 61.5 Å². The van der Waals surface area contributed by atoms with E-state index in [0.717, 1.165) is 18.7 Å². The topological polar surface area (TPSA) is 20.3 Å². The zero-order valence-electron chi connectivity index (χ0n) is 11.8. The molecule has 1 amide bonds. The summed E-state index contributed by atoms with van der Waals surface area (Å²) in [6, 6.07) is 18.4. The molecule has 1 atom stereocenters. The van der Waals surface area contributed by atoms with Crippen LogP contribution in [-0.4, -0.2) is 17.4 Å². The van der Waals surface area contributed by atoms with Crippen molar-refractivity contribution in [1.82, 2.24) is 4.90 Å². The molecule has 0 aliphatic carbocycles. The molecule has 2 heteroatoms. The van der Waals surface area contributed by atoms with Gasteiger partial charge in [0.15, 0.2) is 0 Å². The average molecular weight is 265 g/mol. The lowest BCUT2D eigenvalue weighted by molar-refractivity contribution is -0.131. The summed E-state index contributed by atoms with van der Waals surface area (Å²) in [5.74, 6) is 0.636. The molecule has 2 aromatic rings. The molecule has 1 aliphatic rings. The highest BCUT2D eigenvalue weighted by molar-refractivity contribution is 5.79. The van der Waals surface area contributed by atoms with Gasteiger partial charge < -0.3 is 4.90 Å². The number of carbonyl (C=O) groups excluding carboxylic acids is 1. The Morgan fingerprint density at radius 3 is 2.60 bits per heavy atom. The van der Waals surface area contributed by atoms with E-state index in [1.807, 2.05) is 35.2 Å². The molecule has 2 nitrogen and oxygen atoms in total. The van der Waals surface area contributed by atoms with Gasteiger partial charge in [0, 0.05) is 13.1 Å². The van der Waals surface area contributed by atoms with E-state index in [2.05, 4.69) is 31.2 Å². The first-order chi connectivity index (χ1) is 9.74. The molecule has 0 spiro atoms. The molecule has 102 valence electrons. The summed E-state index contributed by atoms with van der Waals surface area (Å²) < 4.78 is 0. The van der Waals surface area contributed by atoms with E-state index in [-0.39, 0.29) is 5.91 Å². The van der Waals surface area contributed by atoms with E-state index in [4.69, 9.17) is 0 Å². The molecule has 0 radical (unpaired) electrons. The first-order valence-corrected chi connectivity index (χ1v) is 7.13. The van der Waals surface area contributed by atoms with Gasteiger partial charge in [-0.15, -0.1) is 0 Å². The van der Waals surface area contributed by atoms with Crippen molar-refractivity contribution in [1.29, 1.82) is 0 Å². The van der Waals surface area contributed by atoms with Crippen LogP contribution in [0.2, 0.25) is 0 Å². The fourth-order valence-corrected chi connectivity index (χ4v) is 2.93. The van der Waals surface area contributed by atoms with Gasteiger partial charge in [0.25, 0.3) is 0 Å². The molecule has 2 aromatic carbocycles. The Hall–Kier alpha value is -2.09. The van der Waals surface area contributed by atoms with E-state index >= 15 is 0 Å². The molecule has 1 aliphatic heterocycles. The van der Waals surface area contributed by atoms with Crippen LogP contribution in [0.3, 0.4) is 0 Å². The van der Waals surface area contributed by atoms with E-state index < -0.39 is 0 Å². The molecule has 1 heterocycles. The minimum absolute atomic E-state index is 0.220. The number of amides is 1. The second-order valence-electron chi connectivity index (χ2n) is 5.54. The Balaban J connectivity index is 1.75. The fourth-order valence-electron chi connectivity index (χ4n) is 2.93. The van der Waals surface area contributed by atoms with Crippen LogP contribution in [0.15, 0.2) is 54.6 Å². The smallest absolute Gasteiger partial charge is 0.227 e. The van der Waals surface area contributed by atoms with Crippen molar-refractivity contribution < 1.29 is 4.79 Å². The van der Waals surface area contributed by atoms with Gasteiger partial charge >= 0.3 is 0 Å². The van der Waals surface area contributed by atoms with Crippen molar-refractivity contribution in [2.24, 2.45) is 0 Å².